The van der Waals surface area contributed by atoms with Crippen LogP contribution in [0, 0.1) is 34.5 Å². The summed E-state index contributed by atoms with van der Waals surface area (Å²) in [6.45, 7) is 8.01. The maximum atomic E-state index is 2.77. The van der Waals surface area contributed by atoms with Gasteiger partial charge < -0.3 is 4.90 Å². The van der Waals surface area contributed by atoms with Gasteiger partial charge in [0.25, 0.3) is 0 Å². The predicted molar refractivity (Wildman–Crippen MR) is 101 cm³/mol. The number of hydrogen-bond donors (Lipinski definition) is 0. The highest BCUT2D eigenvalue weighted by molar-refractivity contribution is 5.18. The minimum Gasteiger partial charge on any atom is -0.375 e. The summed E-state index contributed by atoms with van der Waals surface area (Å²) in [5, 5.41) is 0. The monoisotopic (exact) mass is 327 g/mol. The Morgan fingerprint density at radius 1 is 0.875 bits per heavy atom. The van der Waals surface area contributed by atoms with Crippen LogP contribution in [0.2, 0.25) is 0 Å². The lowest BCUT2D eigenvalue weighted by Crippen LogP contribution is -2.51. The minimum atomic E-state index is 0.621. The van der Waals surface area contributed by atoms with E-state index in [1.807, 2.05) is 0 Å². The smallest absolute Gasteiger partial charge is 0.0175 e. The number of likely N-dealkylation sites (tertiary alicyclic amines) is 1. The van der Waals surface area contributed by atoms with Crippen LogP contribution < -0.4 is 0 Å². The Morgan fingerprint density at radius 3 is 2.54 bits per heavy atom. The van der Waals surface area contributed by atoms with Crippen LogP contribution in [0.3, 0.4) is 0 Å². The fourth-order valence-electron chi connectivity index (χ4n) is 8.10. The van der Waals surface area contributed by atoms with Crippen molar-refractivity contribution < 1.29 is 0 Å². The second-order valence-corrected chi connectivity index (χ2v) is 10.5. The van der Waals surface area contributed by atoms with Crippen molar-refractivity contribution in [1.82, 2.24) is 4.90 Å². The first kappa shape index (κ1) is 15.8. The molecule has 24 heavy (non-hydrogen) atoms. The molecule has 5 aliphatic rings. The molecule has 5 rings (SSSR count). The van der Waals surface area contributed by atoms with Crippen molar-refractivity contribution in [2.45, 2.75) is 84.5 Å². The van der Waals surface area contributed by atoms with E-state index in [2.05, 4.69) is 24.8 Å². The van der Waals surface area contributed by atoms with Crippen LogP contribution in [-0.2, 0) is 0 Å². The molecule has 4 fully saturated rings. The minimum absolute atomic E-state index is 0.621. The highest BCUT2D eigenvalue weighted by Crippen LogP contribution is 2.65. The summed E-state index contributed by atoms with van der Waals surface area (Å²) >= 11 is 0. The molecule has 0 aromatic heterocycles. The molecule has 1 heterocycles. The van der Waals surface area contributed by atoms with Gasteiger partial charge in [-0.1, -0.05) is 26.3 Å². The number of rotatable bonds is 1. The van der Waals surface area contributed by atoms with Crippen LogP contribution in [0.4, 0.5) is 0 Å². The topological polar surface area (TPSA) is 3.24 Å². The van der Waals surface area contributed by atoms with Crippen molar-refractivity contribution in [3.8, 4) is 0 Å². The summed E-state index contributed by atoms with van der Waals surface area (Å²) in [6.07, 6.45) is 19.2. The van der Waals surface area contributed by atoms with Crippen molar-refractivity contribution in [2.75, 3.05) is 13.1 Å². The van der Waals surface area contributed by atoms with E-state index in [4.69, 9.17) is 0 Å². The molecule has 1 saturated heterocycles. The molecular weight excluding hydrogens is 290 g/mol. The predicted octanol–water partition coefficient (Wildman–Crippen LogP) is 6.01. The van der Waals surface area contributed by atoms with Gasteiger partial charge in [0, 0.05) is 18.8 Å². The van der Waals surface area contributed by atoms with Gasteiger partial charge in [0.05, 0.1) is 0 Å². The zero-order valence-electron chi connectivity index (χ0n) is 16.0. The normalized spacial score (nSPS) is 50.9. The van der Waals surface area contributed by atoms with E-state index in [1.54, 1.807) is 12.1 Å². The van der Waals surface area contributed by atoms with E-state index in [-0.39, 0.29) is 0 Å². The van der Waals surface area contributed by atoms with Crippen molar-refractivity contribution in [1.29, 1.82) is 0 Å². The van der Waals surface area contributed by atoms with Gasteiger partial charge in [0.15, 0.2) is 0 Å². The summed E-state index contributed by atoms with van der Waals surface area (Å²) in [5.74, 6) is 4.05. The van der Waals surface area contributed by atoms with Gasteiger partial charge >= 0.3 is 0 Å². The highest BCUT2D eigenvalue weighted by atomic mass is 15.1. The molecule has 134 valence electrons. The van der Waals surface area contributed by atoms with Crippen LogP contribution in [0.25, 0.3) is 0 Å². The van der Waals surface area contributed by atoms with Gasteiger partial charge in [-0.15, -0.1) is 0 Å². The van der Waals surface area contributed by atoms with E-state index >= 15 is 0 Å². The van der Waals surface area contributed by atoms with Crippen molar-refractivity contribution >= 4 is 0 Å². The van der Waals surface area contributed by atoms with E-state index < -0.39 is 0 Å². The Labute approximate surface area is 149 Å². The van der Waals surface area contributed by atoms with Crippen LogP contribution in [0.5, 0.6) is 0 Å². The summed E-state index contributed by atoms with van der Waals surface area (Å²) in [7, 11) is 0. The maximum Gasteiger partial charge on any atom is 0.0175 e. The molecule has 0 aromatic rings. The largest absolute Gasteiger partial charge is 0.375 e. The summed E-state index contributed by atoms with van der Waals surface area (Å²) in [4.78, 5) is 2.72. The molecule has 0 N–H and O–H groups in total. The zero-order valence-corrected chi connectivity index (χ0v) is 16.0. The second-order valence-electron chi connectivity index (χ2n) is 10.5. The molecule has 0 spiro atoms. The second kappa shape index (κ2) is 5.52. The van der Waals surface area contributed by atoms with Crippen LogP contribution >= 0.6 is 0 Å². The zero-order chi connectivity index (χ0) is 16.4. The van der Waals surface area contributed by atoms with E-state index in [0.29, 0.717) is 5.41 Å². The van der Waals surface area contributed by atoms with E-state index in [0.717, 1.165) is 29.1 Å². The first-order valence-electron chi connectivity index (χ1n) is 11.1. The Bertz CT molecular complexity index is 530. The number of nitrogens with zero attached hydrogens (tertiary/aromatic N) is 1. The molecule has 4 aliphatic carbocycles. The first-order valence-corrected chi connectivity index (χ1v) is 11.1. The summed E-state index contributed by atoms with van der Waals surface area (Å²) in [6, 6.07) is 0. The molecule has 0 aromatic carbocycles. The molecule has 0 unspecified atom stereocenters. The highest BCUT2D eigenvalue weighted by Gasteiger charge is 2.57. The lowest BCUT2D eigenvalue weighted by Gasteiger charge is -2.59. The van der Waals surface area contributed by atoms with E-state index in [9.17, 15) is 0 Å². The molecule has 0 radical (unpaired) electrons. The van der Waals surface area contributed by atoms with Crippen LogP contribution in [0.15, 0.2) is 11.8 Å². The van der Waals surface area contributed by atoms with Gasteiger partial charge in [-0.3, -0.25) is 0 Å². The number of hydrogen-bond acceptors (Lipinski definition) is 1. The van der Waals surface area contributed by atoms with Crippen LogP contribution in [-0.4, -0.2) is 18.0 Å². The third-order valence-corrected chi connectivity index (χ3v) is 9.55. The lowest BCUT2D eigenvalue weighted by molar-refractivity contribution is -0.0829. The summed E-state index contributed by atoms with van der Waals surface area (Å²) in [5.41, 5.74) is 3.07. The maximum absolute atomic E-state index is 2.77. The van der Waals surface area contributed by atoms with Crippen molar-refractivity contribution in [2.24, 2.45) is 34.5 Å². The summed E-state index contributed by atoms with van der Waals surface area (Å²) < 4.78 is 0. The van der Waals surface area contributed by atoms with Crippen molar-refractivity contribution in [3.05, 3.63) is 11.8 Å². The third kappa shape index (κ3) is 2.18. The molecule has 0 amide bonds. The van der Waals surface area contributed by atoms with Gasteiger partial charge in [-0.05, 0) is 98.7 Å². The Kier molecular flexibility index (Phi) is 3.62. The fourth-order valence-corrected chi connectivity index (χ4v) is 8.10. The molecule has 3 saturated carbocycles. The van der Waals surface area contributed by atoms with Gasteiger partial charge in [0.1, 0.15) is 0 Å². The third-order valence-electron chi connectivity index (χ3n) is 9.55. The Hall–Kier alpha value is -0.460. The van der Waals surface area contributed by atoms with Crippen LogP contribution in [0.1, 0.15) is 84.5 Å². The Balaban J connectivity index is 1.41. The van der Waals surface area contributed by atoms with Gasteiger partial charge in [0.2, 0.25) is 0 Å². The number of allylic oxidation sites excluding steroid dienone is 2. The molecule has 1 heteroatoms. The van der Waals surface area contributed by atoms with E-state index in [1.165, 1.54) is 77.3 Å². The molecule has 1 aliphatic heterocycles. The molecule has 6 atom stereocenters. The quantitative estimate of drug-likeness (QED) is 0.570. The number of fused-ring (bicyclic) bond motifs is 5. The first-order chi connectivity index (χ1) is 11.6. The fraction of sp³-hybridized carbons (Fsp3) is 0.913. The Morgan fingerprint density at radius 2 is 1.71 bits per heavy atom. The average molecular weight is 328 g/mol. The standard InChI is InChI=1S/C23H37N/c1-22-11-5-6-20(22)19-8-7-17-16-18(24-14-3-4-15-24)9-13-23(17,2)21(19)10-12-22/h16-17,19-21H,3-15H2,1-2H3/t17-,19-,20-,21-,22-,23-/m0/s1. The molecular formula is C23H37N. The SMILES string of the molecule is C[C@@]12CCC[C@H]1[C@@H]1CC[C@H]3C=C(N4CCCC4)CC[C@]3(C)[C@H]1CC2. The van der Waals surface area contributed by atoms with Gasteiger partial charge in [-0.2, -0.15) is 0 Å². The van der Waals surface area contributed by atoms with Crippen molar-refractivity contribution in [3.63, 3.8) is 0 Å². The molecule has 1 nitrogen and oxygen atoms in total. The molecule has 0 bridgehead atoms. The lowest BCUT2D eigenvalue weighted by atomic mass is 9.46. The van der Waals surface area contributed by atoms with Gasteiger partial charge in [-0.25, -0.2) is 0 Å². The average Bonchev–Trinajstić information content (AvgIpc) is 3.23.